The molecule has 19 heavy (non-hydrogen) atoms. The van der Waals surface area contributed by atoms with E-state index in [-0.39, 0.29) is 19.3 Å². The fourth-order valence-corrected chi connectivity index (χ4v) is 1.71. The Bertz CT molecular complexity index is 446. The number of carboxylic acid groups (broad SMARTS) is 1. The average Bonchev–Trinajstić information content (AvgIpc) is 2.39. The number of hydrogen-bond acceptors (Lipinski definition) is 5. The second kappa shape index (κ2) is 7.27. The van der Waals surface area contributed by atoms with Crippen molar-refractivity contribution < 1.29 is 24.2 Å². The molecule has 102 valence electrons. The third-order valence-corrected chi connectivity index (χ3v) is 2.68. The molecular formula is C13H15NO5. The quantitative estimate of drug-likeness (QED) is 0.418. The Morgan fingerprint density at radius 3 is 2.47 bits per heavy atom. The molecular weight excluding hydrogens is 250 g/mol. The first-order valence-electron chi connectivity index (χ1n) is 5.71. The fraction of sp³-hybridized carbons (Fsp3) is 0.308. The predicted molar refractivity (Wildman–Crippen MR) is 66.0 cm³/mol. The van der Waals surface area contributed by atoms with Crippen LogP contribution >= 0.6 is 0 Å². The smallest absolute Gasteiger partial charge is 0.320 e. The van der Waals surface area contributed by atoms with Gasteiger partial charge in [-0.05, 0) is 18.4 Å². The molecule has 0 bridgehead atoms. The van der Waals surface area contributed by atoms with Crippen LogP contribution in [0.25, 0.3) is 0 Å². The molecule has 3 N–H and O–H groups in total. The average molecular weight is 265 g/mol. The van der Waals surface area contributed by atoms with E-state index in [9.17, 15) is 14.4 Å². The molecule has 1 aromatic rings. The molecule has 0 spiro atoms. The third-order valence-electron chi connectivity index (χ3n) is 2.68. The Balaban J connectivity index is 2.77. The lowest BCUT2D eigenvalue weighted by Crippen LogP contribution is -2.35. The SMILES string of the molecule is N[C@@H](CC(Cc1ccccc1)C(=O)OC=O)C(=O)O. The molecule has 0 amide bonds. The van der Waals surface area contributed by atoms with Gasteiger partial charge >= 0.3 is 18.4 Å². The summed E-state index contributed by atoms with van der Waals surface area (Å²) >= 11 is 0. The lowest BCUT2D eigenvalue weighted by atomic mass is 9.93. The van der Waals surface area contributed by atoms with E-state index in [0.29, 0.717) is 0 Å². The summed E-state index contributed by atoms with van der Waals surface area (Å²) in [6, 6.07) is 7.85. The highest BCUT2D eigenvalue weighted by Crippen LogP contribution is 2.15. The predicted octanol–water partition coefficient (Wildman–Crippen LogP) is 0.347. The highest BCUT2D eigenvalue weighted by Gasteiger charge is 2.26. The Morgan fingerprint density at radius 1 is 1.32 bits per heavy atom. The number of carbonyl (C=O) groups excluding carboxylic acids is 2. The summed E-state index contributed by atoms with van der Waals surface area (Å²) in [4.78, 5) is 32.5. The highest BCUT2D eigenvalue weighted by molar-refractivity contribution is 5.80. The molecule has 0 fully saturated rings. The summed E-state index contributed by atoms with van der Waals surface area (Å²) < 4.78 is 4.29. The molecule has 1 unspecified atom stereocenters. The Hall–Kier alpha value is -2.21. The molecule has 1 rings (SSSR count). The number of nitrogens with two attached hydrogens (primary N) is 1. The third kappa shape index (κ3) is 4.89. The number of carbonyl (C=O) groups is 3. The molecule has 6 heteroatoms. The summed E-state index contributed by atoms with van der Waals surface area (Å²) in [7, 11) is 0. The largest absolute Gasteiger partial charge is 0.480 e. The number of aliphatic carboxylic acids is 1. The van der Waals surface area contributed by atoms with Crippen molar-refractivity contribution in [1.82, 2.24) is 0 Å². The second-order valence-corrected chi connectivity index (χ2v) is 4.10. The van der Waals surface area contributed by atoms with Gasteiger partial charge in [-0.2, -0.15) is 0 Å². The van der Waals surface area contributed by atoms with Crippen molar-refractivity contribution in [3.05, 3.63) is 35.9 Å². The van der Waals surface area contributed by atoms with Gasteiger partial charge in [0.05, 0.1) is 5.92 Å². The van der Waals surface area contributed by atoms with Gasteiger partial charge in [-0.15, -0.1) is 0 Å². The molecule has 0 saturated carbocycles. The molecule has 0 aromatic heterocycles. The number of ether oxygens (including phenoxy) is 1. The Kier molecular flexibility index (Phi) is 5.69. The molecule has 0 radical (unpaired) electrons. The monoisotopic (exact) mass is 265 g/mol. The van der Waals surface area contributed by atoms with Crippen LogP contribution in [0.15, 0.2) is 30.3 Å². The van der Waals surface area contributed by atoms with Crippen molar-refractivity contribution in [1.29, 1.82) is 0 Å². The molecule has 0 aliphatic heterocycles. The van der Waals surface area contributed by atoms with Crippen molar-refractivity contribution in [2.75, 3.05) is 0 Å². The zero-order valence-electron chi connectivity index (χ0n) is 10.2. The number of benzene rings is 1. The normalized spacial score (nSPS) is 13.3. The van der Waals surface area contributed by atoms with E-state index < -0.39 is 23.9 Å². The fourth-order valence-electron chi connectivity index (χ4n) is 1.71. The van der Waals surface area contributed by atoms with Gasteiger partial charge in [-0.3, -0.25) is 14.4 Å². The lowest BCUT2D eigenvalue weighted by Gasteiger charge is -2.16. The van der Waals surface area contributed by atoms with E-state index in [0.717, 1.165) is 5.56 Å². The molecule has 0 saturated heterocycles. The van der Waals surface area contributed by atoms with Gasteiger partial charge in [0.15, 0.2) is 0 Å². The number of carboxylic acids is 1. The zero-order valence-corrected chi connectivity index (χ0v) is 10.2. The second-order valence-electron chi connectivity index (χ2n) is 4.10. The molecule has 1 aromatic carbocycles. The maximum Gasteiger partial charge on any atom is 0.320 e. The summed E-state index contributed by atoms with van der Waals surface area (Å²) in [6.45, 7) is 0.0343. The van der Waals surface area contributed by atoms with Gasteiger partial charge in [0.1, 0.15) is 6.04 Å². The van der Waals surface area contributed by atoms with Crippen molar-refractivity contribution in [3.8, 4) is 0 Å². The van der Waals surface area contributed by atoms with E-state index in [1.54, 1.807) is 24.3 Å². The minimum absolute atomic E-state index is 0.0343. The highest BCUT2D eigenvalue weighted by atomic mass is 16.6. The van der Waals surface area contributed by atoms with E-state index in [2.05, 4.69) is 4.74 Å². The van der Waals surface area contributed by atoms with Crippen LogP contribution in [0.1, 0.15) is 12.0 Å². The van der Waals surface area contributed by atoms with Crippen molar-refractivity contribution >= 4 is 18.4 Å². The van der Waals surface area contributed by atoms with Gasteiger partial charge in [0.2, 0.25) is 0 Å². The number of hydrogen-bond donors (Lipinski definition) is 2. The van der Waals surface area contributed by atoms with Crippen LogP contribution in [0.4, 0.5) is 0 Å². The first-order chi connectivity index (χ1) is 9.04. The van der Waals surface area contributed by atoms with Crippen LogP contribution in [0.5, 0.6) is 0 Å². The van der Waals surface area contributed by atoms with Crippen molar-refractivity contribution in [3.63, 3.8) is 0 Å². The van der Waals surface area contributed by atoms with Crippen LogP contribution in [0.2, 0.25) is 0 Å². The minimum atomic E-state index is -1.20. The van der Waals surface area contributed by atoms with E-state index in [4.69, 9.17) is 10.8 Å². The summed E-state index contributed by atoms with van der Waals surface area (Å²) in [6.07, 6.45) is 0.186. The van der Waals surface area contributed by atoms with Crippen LogP contribution < -0.4 is 5.73 Å². The van der Waals surface area contributed by atoms with Gasteiger partial charge in [0, 0.05) is 0 Å². The van der Waals surface area contributed by atoms with E-state index in [1.165, 1.54) is 0 Å². The van der Waals surface area contributed by atoms with Crippen molar-refractivity contribution in [2.45, 2.75) is 18.9 Å². The van der Waals surface area contributed by atoms with Gasteiger partial charge in [-0.1, -0.05) is 30.3 Å². The van der Waals surface area contributed by atoms with Gasteiger partial charge in [0.25, 0.3) is 0 Å². The van der Waals surface area contributed by atoms with Crippen LogP contribution in [-0.4, -0.2) is 29.6 Å². The molecule has 2 atom stereocenters. The van der Waals surface area contributed by atoms with Crippen LogP contribution in [0.3, 0.4) is 0 Å². The molecule has 0 aliphatic carbocycles. The maximum atomic E-state index is 11.6. The lowest BCUT2D eigenvalue weighted by molar-refractivity contribution is -0.155. The topological polar surface area (TPSA) is 107 Å². The first-order valence-corrected chi connectivity index (χ1v) is 5.71. The minimum Gasteiger partial charge on any atom is -0.480 e. The zero-order chi connectivity index (χ0) is 14.3. The summed E-state index contributed by atoms with van der Waals surface area (Å²) in [5.74, 6) is -2.73. The number of esters is 1. The van der Waals surface area contributed by atoms with Crippen LogP contribution in [0, 0.1) is 5.92 Å². The van der Waals surface area contributed by atoms with Gasteiger partial charge in [-0.25, -0.2) is 0 Å². The van der Waals surface area contributed by atoms with Gasteiger partial charge < -0.3 is 15.6 Å². The molecule has 0 heterocycles. The van der Waals surface area contributed by atoms with Crippen LogP contribution in [-0.2, 0) is 25.5 Å². The van der Waals surface area contributed by atoms with E-state index in [1.807, 2.05) is 6.07 Å². The Labute approximate surface area is 110 Å². The van der Waals surface area contributed by atoms with Crippen molar-refractivity contribution in [2.24, 2.45) is 11.7 Å². The Morgan fingerprint density at radius 2 is 1.95 bits per heavy atom. The number of rotatable bonds is 7. The van der Waals surface area contributed by atoms with E-state index >= 15 is 0 Å². The first kappa shape index (κ1) is 14.8. The molecule has 0 aliphatic rings. The summed E-state index contributed by atoms with van der Waals surface area (Å²) in [5, 5.41) is 8.76. The molecule has 6 nitrogen and oxygen atoms in total. The standard InChI is InChI=1S/C13H15NO5/c14-11(12(16)17)7-10(13(18)19-8-15)6-9-4-2-1-3-5-9/h1-5,8,10-11H,6-7,14H2,(H,16,17)/t10?,11-/m0/s1. The maximum absolute atomic E-state index is 11.6. The summed E-state index contributed by atoms with van der Waals surface area (Å²) in [5.41, 5.74) is 6.25.